The van der Waals surface area contributed by atoms with Gasteiger partial charge in [-0.25, -0.2) is 9.59 Å². The monoisotopic (exact) mass is 273 g/mol. The molecule has 2 aromatic rings. The maximum atomic E-state index is 11.9. The zero-order chi connectivity index (χ0) is 14.7. The van der Waals surface area contributed by atoms with Crippen LogP contribution in [0.5, 0.6) is 0 Å². The minimum Gasteiger partial charge on any atom is -0.480 e. The van der Waals surface area contributed by atoms with E-state index in [0.29, 0.717) is 5.69 Å². The Hall–Kier alpha value is -2.63. The van der Waals surface area contributed by atoms with Crippen molar-refractivity contribution >= 4 is 28.6 Å². The molecule has 0 radical (unpaired) electrons. The highest BCUT2D eigenvalue weighted by atomic mass is 16.4. The molecule has 104 valence electrons. The van der Waals surface area contributed by atoms with E-state index in [1.165, 1.54) is 14.0 Å². The zero-order valence-corrected chi connectivity index (χ0v) is 11.2. The second-order valence-corrected chi connectivity index (χ2v) is 4.47. The van der Waals surface area contributed by atoms with Crippen molar-refractivity contribution in [2.24, 2.45) is 0 Å². The standard InChI is InChI=1S/C14H15N3O3/c1-9(13(18)19)17(2)14(20)16-11-5-6-12-10(8-11)4-3-7-15-12/h3-9H,1-2H3,(H,16,20)(H,18,19). The second-order valence-electron chi connectivity index (χ2n) is 4.47. The minimum absolute atomic E-state index is 0.469. The number of amides is 2. The minimum atomic E-state index is -1.05. The Bertz CT molecular complexity index is 657. The molecular weight excluding hydrogens is 258 g/mol. The fraction of sp³-hybridized carbons (Fsp3) is 0.214. The SMILES string of the molecule is CC(C(=O)O)N(C)C(=O)Nc1ccc2ncccc2c1. The van der Waals surface area contributed by atoms with Gasteiger partial charge in [0, 0.05) is 24.3 Å². The van der Waals surface area contributed by atoms with E-state index in [9.17, 15) is 9.59 Å². The van der Waals surface area contributed by atoms with Crippen LogP contribution < -0.4 is 5.32 Å². The molecule has 1 atom stereocenters. The summed E-state index contributed by atoms with van der Waals surface area (Å²) in [6.45, 7) is 1.45. The molecule has 2 rings (SSSR count). The van der Waals surface area contributed by atoms with Crippen LogP contribution >= 0.6 is 0 Å². The first-order valence-electron chi connectivity index (χ1n) is 6.10. The van der Waals surface area contributed by atoms with Crippen molar-refractivity contribution in [3.8, 4) is 0 Å². The van der Waals surface area contributed by atoms with Crippen molar-refractivity contribution in [1.82, 2.24) is 9.88 Å². The van der Waals surface area contributed by atoms with Gasteiger partial charge in [-0.3, -0.25) is 4.98 Å². The number of aliphatic carboxylic acids is 1. The predicted molar refractivity (Wildman–Crippen MR) is 75.6 cm³/mol. The summed E-state index contributed by atoms with van der Waals surface area (Å²) < 4.78 is 0. The average Bonchev–Trinajstić information content (AvgIpc) is 2.45. The van der Waals surface area contributed by atoms with Crippen molar-refractivity contribution in [3.63, 3.8) is 0 Å². The van der Waals surface area contributed by atoms with Crippen molar-refractivity contribution in [3.05, 3.63) is 36.5 Å². The molecule has 0 aliphatic carbocycles. The average molecular weight is 273 g/mol. The van der Waals surface area contributed by atoms with Gasteiger partial charge in [-0.05, 0) is 31.2 Å². The fourth-order valence-electron chi connectivity index (χ4n) is 1.71. The van der Waals surface area contributed by atoms with E-state index >= 15 is 0 Å². The first kappa shape index (κ1) is 13.8. The molecule has 6 heteroatoms. The molecule has 2 N–H and O–H groups in total. The van der Waals surface area contributed by atoms with Gasteiger partial charge in [-0.2, -0.15) is 0 Å². The maximum Gasteiger partial charge on any atom is 0.326 e. The van der Waals surface area contributed by atoms with Crippen LogP contribution in [0.25, 0.3) is 10.9 Å². The molecule has 20 heavy (non-hydrogen) atoms. The normalized spacial score (nSPS) is 11.9. The van der Waals surface area contributed by atoms with Crippen LogP contribution in [0.3, 0.4) is 0 Å². The Morgan fingerprint density at radius 2 is 2.10 bits per heavy atom. The number of likely N-dealkylation sites (N-methyl/N-ethyl adjacent to an activating group) is 1. The molecule has 0 aliphatic heterocycles. The van der Waals surface area contributed by atoms with Crippen LogP contribution in [0, 0.1) is 0 Å². The Morgan fingerprint density at radius 3 is 2.80 bits per heavy atom. The van der Waals surface area contributed by atoms with Gasteiger partial charge in [0.15, 0.2) is 0 Å². The van der Waals surface area contributed by atoms with Gasteiger partial charge in [0.2, 0.25) is 0 Å². The number of nitrogens with zero attached hydrogens (tertiary/aromatic N) is 2. The van der Waals surface area contributed by atoms with Crippen molar-refractivity contribution in [2.75, 3.05) is 12.4 Å². The number of hydrogen-bond donors (Lipinski definition) is 2. The summed E-state index contributed by atoms with van der Waals surface area (Å²) in [6.07, 6.45) is 1.70. The molecule has 0 saturated heterocycles. The van der Waals surface area contributed by atoms with Crippen LogP contribution in [0.15, 0.2) is 36.5 Å². The van der Waals surface area contributed by atoms with Gasteiger partial charge in [0.05, 0.1) is 5.52 Å². The van der Waals surface area contributed by atoms with Crippen molar-refractivity contribution in [2.45, 2.75) is 13.0 Å². The molecule has 1 aromatic carbocycles. The first-order valence-corrected chi connectivity index (χ1v) is 6.10. The van der Waals surface area contributed by atoms with Gasteiger partial charge in [0.25, 0.3) is 0 Å². The molecule has 0 spiro atoms. The molecule has 0 fully saturated rings. The molecule has 0 bridgehead atoms. The number of aromatic nitrogens is 1. The molecule has 6 nitrogen and oxygen atoms in total. The second kappa shape index (κ2) is 5.56. The molecule has 1 heterocycles. The maximum absolute atomic E-state index is 11.9. The van der Waals surface area contributed by atoms with E-state index in [0.717, 1.165) is 15.8 Å². The summed E-state index contributed by atoms with van der Waals surface area (Å²) in [7, 11) is 1.44. The number of benzene rings is 1. The van der Waals surface area contributed by atoms with Crippen molar-refractivity contribution < 1.29 is 14.7 Å². The lowest BCUT2D eigenvalue weighted by Crippen LogP contribution is -2.42. The highest BCUT2D eigenvalue weighted by Gasteiger charge is 2.21. The van der Waals surface area contributed by atoms with Gasteiger partial charge in [-0.15, -0.1) is 0 Å². The van der Waals surface area contributed by atoms with E-state index in [1.54, 1.807) is 24.4 Å². The van der Waals surface area contributed by atoms with Crippen LogP contribution in [0.1, 0.15) is 6.92 Å². The molecule has 1 aromatic heterocycles. The number of carboxylic acid groups (broad SMARTS) is 1. The number of rotatable bonds is 3. The number of hydrogen-bond acceptors (Lipinski definition) is 3. The Labute approximate surface area is 116 Å². The summed E-state index contributed by atoms with van der Waals surface area (Å²) in [5.41, 5.74) is 1.43. The van der Waals surface area contributed by atoms with Crippen LogP contribution in [-0.4, -0.2) is 40.1 Å². The van der Waals surface area contributed by atoms with Gasteiger partial charge < -0.3 is 15.3 Å². The van der Waals surface area contributed by atoms with E-state index in [2.05, 4.69) is 10.3 Å². The summed E-state index contributed by atoms with van der Waals surface area (Å²) in [5.74, 6) is -1.05. The number of urea groups is 1. The van der Waals surface area contributed by atoms with E-state index in [1.807, 2.05) is 12.1 Å². The number of anilines is 1. The van der Waals surface area contributed by atoms with E-state index in [4.69, 9.17) is 5.11 Å². The number of carbonyl (C=O) groups is 2. The van der Waals surface area contributed by atoms with Crippen LogP contribution in [0.2, 0.25) is 0 Å². The predicted octanol–water partition coefficient (Wildman–Crippen LogP) is 2.17. The lowest BCUT2D eigenvalue weighted by Gasteiger charge is -2.21. The largest absolute Gasteiger partial charge is 0.480 e. The summed E-state index contributed by atoms with van der Waals surface area (Å²) >= 11 is 0. The summed E-state index contributed by atoms with van der Waals surface area (Å²) in [6, 6.07) is 7.66. The summed E-state index contributed by atoms with van der Waals surface area (Å²) in [4.78, 5) is 28.1. The first-order chi connectivity index (χ1) is 9.49. The smallest absolute Gasteiger partial charge is 0.326 e. The third-order valence-corrected chi connectivity index (χ3v) is 3.11. The number of carbonyl (C=O) groups excluding carboxylic acids is 1. The Kier molecular flexibility index (Phi) is 3.84. The third kappa shape index (κ3) is 2.85. The number of pyridine rings is 1. The molecule has 1 unspecified atom stereocenters. The summed E-state index contributed by atoms with van der Waals surface area (Å²) in [5, 5.41) is 12.4. The molecule has 0 aliphatic rings. The van der Waals surface area contributed by atoms with Crippen molar-refractivity contribution in [1.29, 1.82) is 0 Å². The number of nitrogens with one attached hydrogen (secondary N) is 1. The number of fused-ring (bicyclic) bond motifs is 1. The Balaban J connectivity index is 2.15. The van der Waals surface area contributed by atoms with Gasteiger partial charge in [0.1, 0.15) is 6.04 Å². The highest BCUT2D eigenvalue weighted by Crippen LogP contribution is 2.17. The lowest BCUT2D eigenvalue weighted by molar-refractivity contribution is -0.141. The van der Waals surface area contributed by atoms with Crippen LogP contribution in [-0.2, 0) is 4.79 Å². The molecular formula is C14H15N3O3. The topological polar surface area (TPSA) is 82.5 Å². The lowest BCUT2D eigenvalue weighted by atomic mass is 10.2. The molecule has 2 amide bonds. The Morgan fingerprint density at radius 1 is 1.35 bits per heavy atom. The quantitative estimate of drug-likeness (QED) is 0.897. The highest BCUT2D eigenvalue weighted by molar-refractivity contribution is 5.94. The van der Waals surface area contributed by atoms with Gasteiger partial charge >= 0.3 is 12.0 Å². The van der Waals surface area contributed by atoms with E-state index in [-0.39, 0.29) is 0 Å². The van der Waals surface area contributed by atoms with E-state index < -0.39 is 18.0 Å². The molecule has 0 saturated carbocycles. The zero-order valence-electron chi connectivity index (χ0n) is 11.2. The number of carboxylic acids is 1. The van der Waals surface area contributed by atoms with Crippen LogP contribution in [0.4, 0.5) is 10.5 Å². The van der Waals surface area contributed by atoms with Gasteiger partial charge in [-0.1, -0.05) is 6.07 Å². The fourth-order valence-corrected chi connectivity index (χ4v) is 1.71. The third-order valence-electron chi connectivity index (χ3n) is 3.11.